The van der Waals surface area contributed by atoms with Gasteiger partial charge in [-0.15, -0.1) is 0 Å². The molecule has 0 fully saturated rings. The van der Waals surface area contributed by atoms with Gasteiger partial charge in [0.15, 0.2) is 0 Å². The smallest absolute Gasteiger partial charge is 0.129 e. The second kappa shape index (κ2) is 6.67. The van der Waals surface area contributed by atoms with Gasteiger partial charge in [-0.25, -0.2) is 8.78 Å². The summed E-state index contributed by atoms with van der Waals surface area (Å²) in [5, 5.41) is 0. The highest BCUT2D eigenvalue weighted by Crippen LogP contribution is 2.11. The summed E-state index contributed by atoms with van der Waals surface area (Å²) in [5.41, 5.74) is 6.04. The summed E-state index contributed by atoms with van der Waals surface area (Å²) in [7, 11) is 1.99. The molecule has 0 saturated carbocycles. The first kappa shape index (κ1) is 14.1. The van der Waals surface area contributed by atoms with Gasteiger partial charge < -0.3 is 10.6 Å². The van der Waals surface area contributed by atoms with Crippen LogP contribution in [0.15, 0.2) is 18.2 Å². The number of benzene rings is 1. The van der Waals surface area contributed by atoms with E-state index in [2.05, 4.69) is 11.8 Å². The first-order valence-corrected chi connectivity index (χ1v) is 5.89. The van der Waals surface area contributed by atoms with E-state index < -0.39 is 11.6 Å². The molecule has 0 aliphatic carbocycles. The van der Waals surface area contributed by atoms with Crippen molar-refractivity contribution in [3.63, 3.8) is 0 Å². The maximum absolute atomic E-state index is 13.4. The molecule has 0 aliphatic rings. The lowest BCUT2D eigenvalue weighted by Gasteiger charge is -2.24. The quantitative estimate of drug-likeness (QED) is 0.828. The number of rotatable bonds is 6. The molecule has 0 aromatic heterocycles. The van der Waals surface area contributed by atoms with Gasteiger partial charge in [0.05, 0.1) is 0 Å². The Balaban J connectivity index is 2.49. The first-order valence-electron chi connectivity index (χ1n) is 5.89. The predicted molar refractivity (Wildman–Crippen MR) is 65.8 cm³/mol. The number of nitrogens with two attached hydrogens (primary N) is 1. The fourth-order valence-electron chi connectivity index (χ4n) is 1.70. The molecular weight excluding hydrogens is 222 g/mol. The third kappa shape index (κ3) is 4.40. The highest BCUT2D eigenvalue weighted by atomic mass is 19.1. The fourth-order valence-corrected chi connectivity index (χ4v) is 1.70. The summed E-state index contributed by atoms with van der Waals surface area (Å²) in [6, 6.07) is 4.11. The van der Waals surface area contributed by atoms with Crippen molar-refractivity contribution in [3.05, 3.63) is 35.4 Å². The van der Waals surface area contributed by atoms with E-state index in [4.69, 9.17) is 5.73 Å². The SMILES string of the molecule is CC(CCN)N(C)CCc1ccc(F)cc1F. The van der Waals surface area contributed by atoms with Crippen molar-refractivity contribution in [2.45, 2.75) is 25.8 Å². The van der Waals surface area contributed by atoms with Crippen LogP contribution in [0.25, 0.3) is 0 Å². The van der Waals surface area contributed by atoms with Gasteiger partial charge in [0.25, 0.3) is 0 Å². The van der Waals surface area contributed by atoms with Crippen molar-refractivity contribution in [2.24, 2.45) is 5.73 Å². The second-order valence-electron chi connectivity index (χ2n) is 4.39. The summed E-state index contributed by atoms with van der Waals surface area (Å²) >= 11 is 0. The molecule has 1 aromatic carbocycles. The van der Waals surface area contributed by atoms with Crippen molar-refractivity contribution in [2.75, 3.05) is 20.1 Å². The normalized spacial score (nSPS) is 13.1. The van der Waals surface area contributed by atoms with Gasteiger partial charge in [0.1, 0.15) is 11.6 Å². The van der Waals surface area contributed by atoms with Crippen LogP contribution >= 0.6 is 0 Å². The summed E-state index contributed by atoms with van der Waals surface area (Å²) < 4.78 is 26.1. The van der Waals surface area contributed by atoms with Gasteiger partial charge in [-0.2, -0.15) is 0 Å². The summed E-state index contributed by atoms with van der Waals surface area (Å²) in [4.78, 5) is 2.13. The van der Waals surface area contributed by atoms with E-state index in [0.717, 1.165) is 19.0 Å². The molecule has 0 radical (unpaired) electrons. The summed E-state index contributed by atoms with van der Waals surface area (Å²) in [6.45, 7) is 3.48. The molecule has 1 rings (SSSR count). The molecule has 0 spiro atoms. The van der Waals surface area contributed by atoms with Crippen molar-refractivity contribution in [1.82, 2.24) is 4.90 Å². The zero-order valence-corrected chi connectivity index (χ0v) is 10.4. The Morgan fingerprint density at radius 1 is 1.35 bits per heavy atom. The van der Waals surface area contributed by atoms with E-state index in [1.165, 1.54) is 12.1 Å². The lowest BCUT2D eigenvalue weighted by molar-refractivity contribution is 0.250. The third-order valence-corrected chi connectivity index (χ3v) is 3.09. The monoisotopic (exact) mass is 242 g/mol. The maximum Gasteiger partial charge on any atom is 0.129 e. The molecule has 17 heavy (non-hydrogen) atoms. The fraction of sp³-hybridized carbons (Fsp3) is 0.538. The molecule has 0 saturated heterocycles. The summed E-state index contributed by atoms with van der Waals surface area (Å²) in [5.74, 6) is -0.999. The van der Waals surface area contributed by atoms with Crippen LogP contribution in [-0.2, 0) is 6.42 Å². The Labute approximate surface area is 101 Å². The largest absolute Gasteiger partial charge is 0.330 e. The Bertz CT molecular complexity index is 355. The molecule has 1 aromatic rings. The Morgan fingerprint density at radius 3 is 2.65 bits per heavy atom. The molecule has 0 bridgehead atoms. The van der Waals surface area contributed by atoms with E-state index in [9.17, 15) is 8.78 Å². The van der Waals surface area contributed by atoms with Crippen LogP contribution in [-0.4, -0.2) is 31.1 Å². The summed E-state index contributed by atoms with van der Waals surface area (Å²) in [6.07, 6.45) is 1.50. The van der Waals surface area contributed by atoms with Gasteiger partial charge >= 0.3 is 0 Å². The maximum atomic E-state index is 13.4. The number of hydrogen-bond acceptors (Lipinski definition) is 2. The van der Waals surface area contributed by atoms with Gasteiger partial charge in [-0.05, 0) is 45.0 Å². The van der Waals surface area contributed by atoms with Crippen molar-refractivity contribution < 1.29 is 8.78 Å². The van der Waals surface area contributed by atoms with E-state index >= 15 is 0 Å². The van der Waals surface area contributed by atoms with Crippen LogP contribution in [0.3, 0.4) is 0 Å². The number of likely N-dealkylation sites (N-methyl/N-ethyl adjacent to an activating group) is 1. The molecule has 0 amide bonds. The lowest BCUT2D eigenvalue weighted by Crippen LogP contribution is -2.32. The average molecular weight is 242 g/mol. The van der Waals surface area contributed by atoms with E-state index in [1.807, 2.05) is 7.05 Å². The number of hydrogen-bond donors (Lipinski definition) is 1. The molecule has 1 unspecified atom stereocenters. The minimum absolute atomic E-state index is 0.378. The highest BCUT2D eigenvalue weighted by molar-refractivity contribution is 5.18. The molecule has 0 heterocycles. The van der Waals surface area contributed by atoms with E-state index in [-0.39, 0.29) is 0 Å². The van der Waals surface area contributed by atoms with Gasteiger partial charge in [-0.1, -0.05) is 6.07 Å². The van der Waals surface area contributed by atoms with Gasteiger partial charge in [-0.3, -0.25) is 0 Å². The van der Waals surface area contributed by atoms with Crippen molar-refractivity contribution in [3.8, 4) is 0 Å². The standard InChI is InChI=1S/C13H20F2N2/c1-10(5-7-16)17(2)8-6-11-3-4-12(14)9-13(11)15/h3-4,9-10H,5-8,16H2,1-2H3. The minimum atomic E-state index is -0.531. The Morgan fingerprint density at radius 2 is 2.06 bits per heavy atom. The molecule has 4 heteroatoms. The van der Waals surface area contributed by atoms with Crippen LogP contribution in [0.2, 0.25) is 0 Å². The molecule has 2 N–H and O–H groups in total. The molecule has 2 nitrogen and oxygen atoms in total. The van der Waals surface area contributed by atoms with E-state index in [1.54, 1.807) is 0 Å². The second-order valence-corrected chi connectivity index (χ2v) is 4.39. The zero-order valence-electron chi connectivity index (χ0n) is 10.4. The lowest BCUT2D eigenvalue weighted by atomic mass is 10.1. The van der Waals surface area contributed by atoms with Crippen molar-refractivity contribution >= 4 is 0 Å². The number of nitrogens with zero attached hydrogens (tertiary/aromatic N) is 1. The number of halogens is 2. The van der Waals surface area contributed by atoms with Crippen LogP contribution in [0.5, 0.6) is 0 Å². The topological polar surface area (TPSA) is 29.3 Å². The molecule has 0 aliphatic heterocycles. The molecule has 1 atom stereocenters. The minimum Gasteiger partial charge on any atom is -0.330 e. The van der Waals surface area contributed by atoms with Crippen LogP contribution < -0.4 is 5.73 Å². The Hall–Kier alpha value is -1.00. The van der Waals surface area contributed by atoms with Crippen LogP contribution in [0, 0.1) is 11.6 Å². The van der Waals surface area contributed by atoms with Gasteiger partial charge in [0, 0.05) is 18.7 Å². The molecular formula is C13H20F2N2. The van der Waals surface area contributed by atoms with E-state index in [0.29, 0.717) is 24.6 Å². The Kier molecular flexibility index (Phi) is 5.51. The highest BCUT2D eigenvalue weighted by Gasteiger charge is 2.10. The first-order chi connectivity index (χ1) is 8.04. The van der Waals surface area contributed by atoms with Crippen LogP contribution in [0.4, 0.5) is 8.78 Å². The van der Waals surface area contributed by atoms with Gasteiger partial charge in [0.2, 0.25) is 0 Å². The predicted octanol–water partition coefficient (Wildman–Crippen LogP) is 2.18. The van der Waals surface area contributed by atoms with Crippen molar-refractivity contribution in [1.29, 1.82) is 0 Å². The molecule has 96 valence electrons. The third-order valence-electron chi connectivity index (χ3n) is 3.09. The average Bonchev–Trinajstić information content (AvgIpc) is 2.27. The van der Waals surface area contributed by atoms with Crippen LogP contribution in [0.1, 0.15) is 18.9 Å². The zero-order chi connectivity index (χ0) is 12.8.